The van der Waals surface area contributed by atoms with Crippen LogP contribution in [0, 0.1) is 0 Å². The summed E-state index contributed by atoms with van der Waals surface area (Å²) in [6.07, 6.45) is 3.22. The first kappa shape index (κ1) is 18.0. The Morgan fingerprint density at radius 2 is 2.00 bits per heavy atom. The highest BCUT2D eigenvalue weighted by molar-refractivity contribution is 5.71. The third kappa shape index (κ3) is 3.83. The lowest BCUT2D eigenvalue weighted by Crippen LogP contribution is -2.20. The molecule has 3 heterocycles. The highest BCUT2D eigenvalue weighted by atomic mass is 16.5. The number of hydrogen-bond acceptors (Lipinski definition) is 4. The van der Waals surface area contributed by atoms with Crippen molar-refractivity contribution in [2.45, 2.75) is 52.3 Å². The number of nitrogens with zero attached hydrogens (tertiary/aromatic N) is 4. The zero-order valence-corrected chi connectivity index (χ0v) is 16.4. The molecule has 2 aromatic heterocycles. The summed E-state index contributed by atoms with van der Waals surface area (Å²) < 4.78 is 8.02. The van der Waals surface area contributed by atoms with Crippen LogP contribution in [0.3, 0.4) is 0 Å². The summed E-state index contributed by atoms with van der Waals surface area (Å²) in [4.78, 5) is 12.0. The van der Waals surface area contributed by atoms with E-state index in [2.05, 4.69) is 65.6 Å². The number of hydrogen-bond donors (Lipinski definition) is 0. The van der Waals surface area contributed by atoms with Gasteiger partial charge in [0.05, 0.1) is 6.10 Å². The van der Waals surface area contributed by atoms with Crippen molar-refractivity contribution in [3.63, 3.8) is 0 Å². The molecular formula is C22H28N4O. The highest BCUT2D eigenvalue weighted by Gasteiger charge is 2.28. The number of likely N-dealkylation sites (tertiary alicyclic amines) is 1. The molecule has 3 aromatic rings. The van der Waals surface area contributed by atoms with Gasteiger partial charge in [0.1, 0.15) is 17.1 Å². The maximum atomic E-state index is 5.74. The summed E-state index contributed by atoms with van der Waals surface area (Å²) in [5, 5.41) is 0. The van der Waals surface area contributed by atoms with Crippen LogP contribution in [0.25, 0.3) is 11.2 Å². The van der Waals surface area contributed by atoms with Crippen molar-refractivity contribution in [1.82, 2.24) is 19.4 Å². The van der Waals surface area contributed by atoms with Crippen molar-refractivity contribution < 1.29 is 4.74 Å². The Morgan fingerprint density at radius 3 is 2.74 bits per heavy atom. The van der Waals surface area contributed by atoms with Crippen LogP contribution in [-0.4, -0.2) is 38.6 Å². The molecule has 4 rings (SSSR count). The number of rotatable bonds is 6. The minimum Gasteiger partial charge on any atom is -0.491 e. The summed E-state index contributed by atoms with van der Waals surface area (Å²) >= 11 is 0. The van der Waals surface area contributed by atoms with Gasteiger partial charge in [-0.25, -0.2) is 9.97 Å². The molecule has 1 aliphatic heterocycles. The first-order valence-electron chi connectivity index (χ1n) is 9.93. The van der Waals surface area contributed by atoms with Gasteiger partial charge in [-0.05, 0) is 63.6 Å². The second kappa shape index (κ2) is 7.69. The van der Waals surface area contributed by atoms with Crippen LogP contribution < -0.4 is 4.74 Å². The minimum atomic E-state index is 0.211. The molecule has 1 aliphatic rings. The van der Waals surface area contributed by atoms with E-state index in [-0.39, 0.29) is 6.10 Å². The summed E-state index contributed by atoms with van der Waals surface area (Å²) in [5.74, 6) is 2.61. The van der Waals surface area contributed by atoms with Crippen molar-refractivity contribution in [1.29, 1.82) is 0 Å². The van der Waals surface area contributed by atoms with Crippen molar-refractivity contribution in [2.75, 3.05) is 13.1 Å². The number of ether oxygens (including phenoxy) is 1. The van der Waals surface area contributed by atoms with Crippen molar-refractivity contribution >= 4 is 11.2 Å². The smallest absolute Gasteiger partial charge is 0.159 e. The Balaban J connectivity index is 1.45. The van der Waals surface area contributed by atoms with Gasteiger partial charge in [0.2, 0.25) is 0 Å². The molecule has 0 radical (unpaired) electrons. The molecule has 5 nitrogen and oxygen atoms in total. The molecule has 0 amide bonds. The summed E-state index contributed by atoms with van der Waals surface area (Å²) in [7, 11) is 0. The molecule has 1 unspecified atom stereocenters. The Morgan fingerprint density at radius 1 is 1.19 bits per heavy atom. The largest absolute Gasteiger partial charge is 0.491 e. The lowest BCUT2D eigenvalue weighted by Gasteiger charge is -2.17. The van der Waals surface area contributed by atoms with Crippen molar-refractivity contribution in [2.24, 2.45) is 0 Å². The fraction of sp³-hybridized carbons (Fsp3) is 0.455. The molecule has 1 atom stereocenters. The lowest BCUT2D eigenvalue weighted by molar-refractivity contribution is 0.242. The Labute approximate surface area is 161 Å². The Bertz CT molecular complexity index is 900. The minimum absolute atomic E-state index is 0.211. The molecule has 142 valence electrons. The highest BCUT2D eigenvalue weighted by Crippen LogP contribution is 2.30. The fourth-order valence-corrected chi connectivity index (χ4v) is 3.99. The predicted molar refractivity (Wildman–Crippen MR) is 108 cm³/mol. The maximum absolute atomic E-state index is 5.74. The molecule has 1 aromatic carbocycles. The topological polar surface area (TPSA) is 43.2 Å². The number of aromatic nitrogens is 3. The van der Waals surface area contributed by atoms with E-state index in [0.717, 1.165) is 49.5 Å². The van der Waals surface area contributed by atoms with Crippen molar-refractivity contribution in [3.8, 4) is 5.75 Å². The van der Waals surface area contributed by atoms with Crippen LogP contribution in [-0.2, 0) is 13.1 Å². The van der Waals surface area contributed by atoms with Gasteiger partial charge in [0.25, 0.3) is 0 Å². The third-order valence-electron chi connectivity index (χ3n) is 5.19. The monoisotopic (exact) mass is 364 g/mol. The van der Waals surface area contributed by atoms with Gasteiger partial charge in [0.15, 0.2) is 5.65 Å². The van der Waals surface area contributed by atoms with E-state index in [1.807, 2.05) is 12.3 Å². The van der Waals surface area contributed by atoms with Crippen molar-refractivity contribution in [3.05, 3.63) is 54.0 Å². The molecule has 0 saturated carbocycles. The van der Waals surface area contributed by atoms with Crippen LogP contribution >= 0.6 is 0 Å². The van der Waals surface area contributed by atoms with E-state index in [9.17, 15) is 0 Å². The van der Waals surface area contributed by atoms with E-state index in [1.165, 1.54) is 11.4 Å². The number of fused-ring (bicyclic) bond motifs is 1. The first-order valence-corrected chi connectivity index (χ1v) is 9.93. The fourth-order valence-electron chi connectivity index (χ4n) is 3.99. The Kier molecular flexibility index (Phi) is 5.12. The normalized spacial score (nSPS) is 17.9. The molecule has 0 bridgehead atoms. The Hall–Kier alpha value is -2.40. The second-order valence-electron chi connectivity index (χ2n) is 7.59. The molecule has 1 saturated heterocycles. The zero-order valence-electron chi connectivity index (χ0n) is 16.4. The predicted octanol–water partition coefficient (Wildman–Crippen LogP) is 4.23. The molecule has 5 heteroatoms. The second-order valence-corrected chi connectivity index (χ2v) is 7.59. The van der Waals surface area contributed by atoms with Crippen LogP contribution in [0.4, 0.5) is 0 Å². The number of aryl methyl sites for hydroxylation is 1. The third-order valence-corrected chi connectivity index (χ3v) is 5.19. The van der Waals surface area contributed by atoms with Crippen LogP contribution in [0.15, 0.2) is 42.6 Å². The first-order chi connectivity index (χ1) is 13.1. The van der Waals surface area contributed by atoms with Gasteiger partial charge >= 0.3 is 0 Å². The van der Waals surface area contributed by atoms with Gasteiger partial charge in [0, 0.05) is 31.7 Å². The summed E-state index contributed by atoms with van der Waals surface area (Å²) in [6, 6.07) is 12.5. The van der Waals surface area contributed by atoms with Crippen LogP contribution in [0.2, 0.25) is 0 Å². The molecule has 1 fully saturated rings. The number of pyridine rings is 1. The van der Waals surface area contributed by atoms with Gasteiger partial charge in [-0.15, -0.1) is 0 Å². The van der Waals surface area contributed by atoms with Gasteiger partial charge in [-0.1, -0.05) is 12.1 Å². The SMILES string of the molecule is CCn1c(C2CCN(Cc3ccc(OC(C)C)cc3)C2)nc2cccnc21. The van der Waals surface area contributed by atoms with Gasteiger partial charge in [-0.2, -0.15) is 0 Å². The average Bonchev–Trinajstić information content (AvgIpc) is 3.26. The number of imidazole rings is 1. The standard InChI is InChI=1S/C22H28N4O/c1-4-26-21(24-20-6-5-12-23-22(20)26)18-11-13-25(15-18)14-17-7-9-19(10-8-17)27-16(2)3/h5-10,12,16,18H,4,11,13-15H2,1-3H3. The molecular weight excluding hydrogens is 336 g/mol. The van der Waals surface area contributed by atoms with E-state index in [4.69, 9.17) is 9.72 Å². The zero-order chi connectivity index (χ0) is 18.8. The molecule has 27 heavy (non-hydrogen) atoms. The van der Waals surface area contributed by atoms with Crippen LogP contribution in [0.1, 0.15) is 44.5 Å². The van der Waals surface area contributed by atoms with Gasteiger partial charge in [-0.3, -0.25) is 4.90 Å². The summed E-state index contributed by atoms with van der Waals surface area (Å²) in [5.41, 5.74) is 3.35. The number of benzene rings is 1. The summed E-state index contributed by atoms with van der Waals surface area (Å²) in [6.45, 7) is 10.3. The van der Waals surface area contributed by atoms with E-state index in [0.29, 0.717) is 5.92 Å². The maximum Gasteiger partial charge on any atom is 0.159 e. The van der Waals surface area contributed by atoms with E-state index in [1.54, 1.807) is 0 Å². The van der Waals surface area contributed by atoms with E-state index < -0.39 is 0 Å². The van der Waals surface area contributed by atoms with E-state index >= 15 is 0 Å². The quantitative estimate of drug-likeness (QED) is 0.656. The lowest BCUT2D eigenvalue weighted by atomic mass is 10.1. The van der Waals surface area contributed by atoms with Gasteiger partial charge < -0.3 is 9.30 Å². The molecule has 0 N–H and O–H groups in total. The molecule has 0 spiro atoms. The average molecular weight is 364 g/mol. The molecule has 0 aliphatic carbocycles. The van der Waals surface area contributed by atoms with Crippen LogP contribution in [0.5, 0.6) is 5.75 Å².